The summed E-state index contributed by atoms with van der Waals surface area (Å²) in [6, 6.07) is 5.92. The van der Waals surface area contributed by atoms with Crippen LogP contribution < -0.4 is 4.72 Å². The SMILES string of the molecule is CC(C(=O)O)S(=O)(=O)Nc1ccc(Cl)cc1. The Hall–Kier alpha value is -1.27. The van der Waals surface area contributed by atoms with Gasteiger partial charge in [-0.2, -0.15) is 0 Å². The lowest BCUT2D eigenvalue weighted by molar-refractivity contribution is -0.136. The van der Waals surface area contributed by atoms with Gasteiger partial charge < -0.3 is 5.11 Å². The maximum absolute atomic E-state index is 11.5. The summed E-state index contributed by atoms with van der Waals surface area (Å²) in [4.78, 5) is 10.5. The highest BCUT2D eigenvalue weighted by atomic mass is 35.5. The minimum Gasteiger partial charge on any atom is -0.480 e. The minimum absolute atomic E-state index is 0.275. The van der Waals surface area contributed by atoms with E-state index in [1.54, 1.807) is 0 Å². The zero-order valence-corrected chi connectivity index (χ0v) is 9.92. The second-order valence-electron chi connectivity index (χ2n) is 3.13. The first-order valence-electron chi connectivity index (χ1n) is 4.33. The third kappa shape index (κ3) is 3.11. The van der Waals surface area contributed by atoms with Crippen molar-refractivity contribution >= 4 is 33.3 Å². The third-order valence-corrected chi connectivity index (χ3v) is 3.82. The lowest BCUT2D eigenvalue weighted by Gasteiger charge is -2.10. The first-order valence-corrected chi connectivity index (χ1v) is 6.25. The number of nitrogens with one attached hydrogen (secondary N) is 1. The fourth-order valence-electron chi connectivity index (χ4n) is 0.903. The van der Waals surface area contributed by atoms with Crippen LogP contribution in [0.5, 0.6) is 0 Å². The van der Waals surface area contributed by atoms with E-state index in [4.69, 9.17) is 16.7 Å². The number of halogens is 1. The predicted molar refractivity (Wildman–Crippen MR) is 61.1 cm³/mol. The fourth-order valence-corrected chi connectivity index (χ4v) is 1.94. The van der Waals surface area contributed by atoms with Gasteiger partial charge >= 0.3 is 5.97 Å². The minimum atomic E-state index is -3.92. The van der Waals surface area contributed by atoms with E-state index in [0.29, 0.717) is 5.02 Å². The number of aliphatic carboxylic acids is 1. The fraction of sp³-hybridized carbons (Fsp3) is 0.222. The molecule has 5 nitrogen and oxygen atoms in total. The van der Waals surface area contributed by atoms with Crippen molar-refractivity contribution in [2.75, 3.05) is 4.72 Å². The molecule has 1 aromatic rings. The number of hydrogen-bond donors (Lipinski definition) is 2. The molecule has 0 bridgehead atoms. The average Bonchev–Trinajstić information content (AvgIpc) is 2.20. The monoisotopic (exact) mass is 263 g/mol. The molecule has 2 N–H and O–H groups in total. The Kier molecular flexibility index (Phi) is 3.77. The van der Waals surface area contributed by atoms with Crippen LogP contribution >= 0.6 is 11.6 Å². The number of carboxylic acid groups (broad SMARTS) is 1. The summed E-state index contributed by atoms with van der Waals surface area (Å²) in [5.41, 5.74) is 0.275. The van der Waals surface area contributed by atoms with E-state index in [0.717, 1.165) is 6.92 Å². The molecule has 0 aliphatic heterocycles. The quantitative estimate of drug-likeness (QED) is 0.863. The summed E-state index contributed by atoms with van der Waals surface area (Å²) in [5, 5.41) is 7.56. The summed E-state index contributed by atoms with van der Waals surface area (Å²) in [7, 11) is -3.92. The van der Waals surface area contributed by atoms with Crippen molar-refractivity contribution in [1.82, 2.24) is 0 Å². The van der Waals surface area contributed by atoms with Crippen molar-refractivity contribution in [1.29, 1.82) is 0 Å². The molecule has 0 spiro atoms. The van der Waals surface area contributed by atoms with E-state index in [1.807, 2.05) is 0 Å². The Bertz CT molecular complexity index is 483. The number of sulfonamides is 1. The van der Waals surface area contributed by atoms with Gasteiger partial charge in [-0.15, -0.1) is 0 Å². The van der Waals surface area contributed by atoms with E-state index >= 15 is 0 Å². The summed E-state index contributed by atoms with van der Waals surface area (Å²) in [6.45, 7) is 1.10. The third-order valence-electron chi connectivity index (χ3n) is 1.92. The van der Waals surface area contributed by atoms with Crippen LogP contribution in [0.3, 0.4) is 0 Å². The Balaban J connectivity index is 2.89. The van der Waals surface area contributed by atoms with E-state index in [-0.39, 0.29) is 5.69 Å². The Labute approximate surface area is 98.1 Å². The Morgan fingerprint density at radius 3 is 2.31 bits per heavy atom. The normalized spacial score (nSPS) is 13.1. The highest BCUT2D eigenvalue weighted by molar-refractivity contribution is 7.94. The molecule has 0 aliphatic carbocycles. The molecule has 1 aromatic carbocycles. The van der Waals surface area contributed by atoms with Crippen LogP contribution in [0.1, 0.15) is 6.92 Å². The molecule has 88 valence electrons. The van der Waals surface area contributed by atoms with Crippen molar-refractivity contribution in [3.05, 3.63) is 29.3 Å². The van der Waals surface area contributed by atoms with Crippen molar-refractivity contribution < 1.29 is 18.3 Å². The average molecular weight is 264 g/mol. The van der Waals surface area contributed by atoms with Gasteiger partial charge in [-0.25, -0.2) is 8.42 Å². The van der Waals surface area contributed by atoms with Gasteiger partial charge in [-0.3, -0.25) is 9.52 Å². The van der Waals surface area contributed by atoms with Gasteiger partial charge in [0.2, 0.25) is 10.0 Å². The summed E-state index contributed by atoms with van der Waals surface area (Å²) < 4.78 is 25.2. The van der Waals surface area contributed by atoms with Crippen LogP contribution in [-0.2, 0) is 14.8 Å². The van der Waals surface area contributed by atoms with Crippen molar-refractivity contribution in [3.63, 3.8) is 0 Å². The highest BCUT2D eigenvalue weighted by Crippen LogP contribution is 2.16. The molecular formula is C9H10ClNO4S. The number of benzene rings is 1. The van der Waals surface area contributed by atoms with Gasteiger partial charge in [0, 0.05) is 10.7 Å². The van der Waals surface area contributed by atoms with Gasteiger partial charge in [0.15, 0.2) is 5.25 Å². The first-order chi connectivity index (χ1) is 7.33. The van der Waals surface area contributed by atoms with E-state index in [1.165, 1.54) is 24.3 Å². The predicted octanol–water partition coefficient (Wildman–Crippen LogP) is 1.55. The zero-order valence-electron chi connectivity index (χ0n) is 8.34. The Morgan fingerprint density at radius 2 is 1.88 bits per heavy atom. The Morgan fingerprint density at radius 1 is 1.38 bits per heavy atom. The molecule has 0 aliphatic rings. The van der Waals surface area contributed by atoms with Gasteiger partial charge in [-0.05, 0) is 31.2 Å². The van der Waals surface area contributed by atoms with Gasteiger partial charge in [0.1, 0.15) is 0 Å². The number of rotatable bonds is 4. The van der Waals surface area contributed by atoms with Crippen LogP contribution in [0.15, 0.2) is 24.3 Å². The molecule has 0 saturated carbocycles. The molecule has 0 amide bonds. The van der Waals surface area contributed by atoms with Gasteiger partial charge in [0.05, 0.1) is 0 Å². The molecule has 0 radical (unpaired) electrons. The van der Waals surface area contributed by atoms with E-state index in [2.05, 4.69) is 4.72 Å². The maximum atomic E-state index is 11.5. The lowest BCUT2D eigenvalue weighted by Crippen LogP contribution is -2.32. The molecule has 1 unspecified atom stereocenters. The molecule has 1 rings (SSSR count). The van der Waals surface area contributed by atoms with E-state index in [9.17, 15) is 13.2 Å². The number of anilines is 1. The van der Waals surface area contributed by atoms with Crippen molar-refractivity contribution in [3.8, 4) is 0 Å². The summed E-state index contributed by atoms with van der Waals surface area (Å²) in [5.74, 6) is -1.40. The summed E-state index contributed by atoms with van der Waals surface area (Å²) in [6.07, 6.45) is 0. The van der Waals surface area contributed by atoms with Crippen LogP contribution in [-0.4, -0.2) is 24.7 Å². The zero-order chi connectivity index (χ0) is 12.3. The highest BCUT2D eigenvalue weighted by Gasteiger charge is 2.27. The largest absolute Gasteiger partial charge is 0.480 e. The van der Waals surface area contributed by atoms with Crippen LogP contribution in [0, 0.1) is 0 Å². The second kappa shape index (κ2) is 4.71. The number of carbonyl (C=O) groups is 1. The van der Waals surface area contributed by atoms with Gasteiger partial charge in [-0.1, -0.05) is 11.6 Å². The molecule has 1 atom stereocenters. The van der Waals surface area contributed by atoms with Crippen molar-refractivity contribution in [2.24, 2.45) is 0 Å². The number of carboxylic acids is 1. The smallest absolute Gasteiger partial charge is 0.323 e. The lowest BCUT2D eigenvalue weighted by atomic mass is 10.3. The standard InChI is InChI=1S/C9H10ClNO4S/c1-6(9(12)13)16(14,15)11-8-4-2-7(10)3-5-8/h2-6,11H,1H3,(H,12,13). The molecule has 0 saturated heterocycles. The second-order valence-corrected chi connectivity index (χ2v) is 5.57. The van der Waals surface area contributed by atoms with Crippen LogP contribution in [0.2, 0.25) is 5.02 Å². The molecule has 0 heterocycles. The first kappa shape index (κ1) is 12.8. The molecule has 0 aromatic heterocycles. The van der Waals surface area contributed by atoms with Crippen LogP contribution in [0.4, 0.5) is 5.69 Å². The van der Waals surface area contributed by atoms with Gasteiger partial charge in [0.25, 0.3) is 0 Å². The molecule has 0 fully saturated rings. The van der Waals surface area contributed by atoms with Crippen molar-refractivity contribution in [2.45, 2.75) is 12.2 Å². The summed E-state index contributed by atoms with van der Waals surface area (Å²) >= 11 is 5.62. The molecule has 16 heavy (non-hydrogen) atoms. The van der Waals surface area contributed by atoms with E-state index < -0.39 is 21.2 Å². The number of hydrogen-bond acceptors (Lipinski definition) is 3. The van der Waals surface area contributed by atoms with Crippen LogP contribution in [0.25, 0.3) is 0 Å². The topological polar surface area (TPSA) is 83.5 Å². The molecular weight excluding hydrogens is 254 g/mol. The maximum Gasteiger partial charge on any atom is 0.323 e. The molecule has 7 heteroatoms.